The van der Waals surface area contributed by atoms with Crippen molar-refractivity contribution in [2.24, 2.45) is 11.8 Å². The SMILES string of the molecule is CC1=CCC2C3OC(c4ccccc43)C2C1. The van der Waals surface area contributed by atoms with Crippen molar-refractivity contribution in [3.8, 4) is 0 Å². The van der Waals surface area contributed by atoms with Gasteiger partial charge in [-0.1, -0.05) is 35.9 Å². The number of ether oxygens (including phenoxy) is 1. The van der Waals surface area contributed by atoms with Gasteiger partial charge in [-0.15, -0.1) is 0 Å². The average molecular weight is 212 g/mol. The summed E-state index contributed by atoms with van der Waals surface area (Å²) in [6, 6.07) is 8.79. The van der Waals surface area contributed by atoms with E-state index in [0.717, 1.165) is 11.8 Å². The van der Waals surface area contributed by atoms with Crippen molar-refractivity contribution in [2.75, 3.05) is 0 Å². The molecule has 3 aliphatic rings. The average Bonchev–Trinajstić information content (AvgIpc) is 2.85. The fourth-order valence-electron chi connectivity index (χ4n) is 3.79. The van der Waals surface area contributed by atoms with E-state index in [1.807, 2.05) is 0 Å². The van der Waals surface area contributed by atoms with Crippen molar-refractivity contribution in [2.45, 2.75) is 32.0 Å². The van der Waals surface area contributed by atoms with Crippen LogP contribution in [0.3, 0.4) is 0 Å². The zero-order valence-electron chi connectivity index (χ0n) is 9.52. The molecule has 2 aliphatic heterocycles. The van der Waals surface area contributed by atoms with E-state index < -0.39 is 0 Å². The van der Waals surface area contributed by atoms with Crippen LogP contribution in [-0.2, 0) is 4.74 Å². The maximum Gasteiger partial charge on any atom is 0.0872 e. The second-order valence-electron chi connectivity index (χ2n) is 5.42. The molecule has 0 radical (unpaired) electrons. The molecular formula is C15H16O. The van der Waals surface area contributed by atoms with Gasteiger partial charge in [0.05, 0.1) is 12.2 Å². The van der Waals surface area contributed by atoms with Crippen molar-refractivity contribution < 1.29 is 4.74 Å². The summed E-state index contributed by atoms with van der Waals surface area (Å²) in [7, 11) is 0. The topological polar surface area (TPSA) is 9.23 Å². The molecule has 0 N–H and O–H groups in total. The molecule has 0 amide bonds. The van der Waals surface area contributed by atoms with Crippen LogP contribution in [0, 0.1) is 11.8 Å². The second-order valence-corrected chi connectivity index (χ2v) is 5.42. The molecular weight excluding hydrogens is 196 g/mol. The van der Waals surface area contributed by atoms with Crippen molar-refractivity contribution >= 4 is 0 Å². The first kappa shape index (κ1) is 9.00. The van der Waals surface area contributed by atoms with Gasteiger partial charge < -0.3 is 4.74 Å². The minimum Gasteiger partial charge on any atom is -0.365 e. The maximum atomic E-state index is 6.20. The molecule has 0 saturated carbocycles. The van der Waals surface area contributed by atoms with Gasteiger partial charge in [-0.25, -0.2) is 0 Å². The highest BCUT2D eigenvalue weighted by atomic mass is 16.5. The third-order valence-electron chi connectivity index (χ3n) is 4.53. The first-order valence-electron chi connectivity index (χ1n) is 6.24. The largest absolute Gasteiger partial charge is 0.365 e. The van der Waals surface area contributed by atoms with Gasteiger partial charge in [0.15, 0.2) is 0 Å². The molecule has 2 bridgehead atoms. The molecule has 1 saturated heterocycles. The Morgan fingerprint density at radius 2 is 1.75 bits per heavy atom. The van der Waals surface area contributed by atoms with Gasteiger partial charge in [0, 0.05) is 0 Å². The highest BCUT2D eigenvalue weighted by Gasteiger charge is 2.52. The van der Waals surface area contributed by atoms with Crippen LogP contribution in [-0.4, -0.2) is 0 Å². The fraction of sp³-hybridized carbons (Fsp3) is 0.467. The molecule has 1 aromatic carbocycles. The molecule has 0 spiro atoms. The molecule has 82 valence electrons. The number of rotatable bonds is 0. The third kappa shape index (κ3) is 0.997. The normalized spacial score (nSPS) is 39.2. The van der Waals surface area contributed by atoms with E-state index in [-0.39, 0.29) is 0 Å². The molecule has 1 aromatic rings. The molecule has 1 aliphatic carbocycles. The summed E-state index contributed by atoms with van der Waals surface area (Å²) in [5.74, 6) is 1.48. The number of benzene rings is 1. The van der Waals surface area contributed by atoms with Gasteiger partial charge >= 0.3 is 0 Å². The smallest absolute Gasteiger partial charge is 0.0872 e. The third-order valence-corrected chi connectivity index (χ3v) is 4.53. The lowest BCUT2D eigenvalue weighted by Crippen LogP contribution is -2.24. The Kier molecular flexibility index (Phi) is 1.68. The monoisotopic (exact) mass is 212 g/mol. The Morgan fingerprint density at radius 3 is 2.50 bits per heavy atom. The summed E-state index contributed by atoms with van der Waals surface area (Å²) < 4.78 is 6.20. The summed E-state index contributed by atoms with van der Waals surface area (Å²) in [6.07, 6.45) is 5.63. The molecule has 4 rings (SSSR count). The Hall–Kier alpha value is -1.08. The van der Waals surface area contributed by atoms with Crippen LogP contribution >= 0.6 is 0 Å². The standard InChI is InChI=1S/C15H16O/c1-9-6-7-12-13(8-9)15-11-5-3-2-4-10(11)14(12)16-15/h2-6,12-15H,7-8H2,1H3. The van der Waals surface area contributed by atoms with E-state index in [1.165, 1.54) is 24.0 Å². The van der Waals surface area contributed by atoms with Crippen molar-refractivity contribution in [3.05, 3.63) is 47.0 Å². The van der Waals surface area contributed by atoms with E-state index >= 15 is 0 Å². The first-order chi connectivity index (χ1) is 7.84. The minimum atomic E-state index is 0.384. The zero-order chi connectivity index (χ0) is 10.7. The van der Waals surface area contributed by atoms with E-state index in [9.17, 15) is 0 Å². The van der Waals surface area contributed by atoms with Gasteiger partial charge in [-0.05, 0) is 42.7 Å². The molecule has 1 heteroatoms. The molecule has 2 heterocycles. The van der Waals surface area contributed by atoms with E-state index in [4.69, 9.17) is 4.74 Å². The van der Waals surface area contributed by atoms with Crippen LogP contribution in [0.15, 0.2) is 35.9 Å². The Morgan fingerprint density at radius 1 is 1.06 bits per heavy atom. The van der Waals surface area contributed by atoms with Crippen molar-refractivity contribution in [3.63, 3.8) is 0 Å². The van der Waals surface area contributed by atoms with Crippen LogP contribution < -0.4 is 0 Å². The van der Waals surface area contributed by atoms with Gasteiger partial charge in [0.1, 0.15) is 0 Å². The van der Waals surface area contributed by atoms with E-state index in [2.05, 4.69) is 37.3 Å². The predicted octanol–water partition coefficient (Wildman–Crippen LogP) is 3.79. The van der Waals surface area contributed by atoms with Gasteiger partial charge in [-0.2, -0.15) is 0 Å². The highest BCUT2D eigenvalue weighted by molar-refractivity contribution is 5.39. The van der Waals surface area contributed by atoms with Crippen LogP contribution in [0.1, 0.15) is 43.1 Å². The lowest BCUT2D eigenvalue weighted by Gasteiger charge is -2.32. The molecule has 4 atom stereocenters. The Balaban J connectivity index is 1.81. The lowest BCUT2D eigenvalue weighted by atomic mass is 9.69. The van der Waals surface area contributed by atoms with Gasteiger partial charge in [0.2, 0.25) is 0 Å². The highest BCUT2D eigenvalue weighted by Crippen LogP contribution is 2.60. The molecule has 0 aromatic heterocycles. The second kappa shape index (κ2) is 2.98. The summed E-state index contributed by atoms with van der Waals surface area (Å²) in [5.41, 5.74) is 4.47. The Labute approximate surface area is 96.1 Å². The summed E-state index contributed by atoms with van der Waals surface area (Å²) in [5, 5.41) is 0. The maximum absolute atomic E-state index is 6.20. The number of fused-ring (bicyclic) bond motifs is 8. The van der Waals surface area contributed by atoms with Crippen LogP contribution in [0.5, 0.6) is 0 Å². The van der Waals surface area contributed by atoms with E-state index in [0.29, 0.717) is 12.2 Å². The molecule has 1 fully saturated rings. The molecule has 4 unspecified atom stereocenters. The fourth-order valence-corrected chi connectivity index (χ4v) is 3.79. The number of hydrogen-bond acceptors (Lipinski definition) is 1. The van der Waals surface area contributed by atoms with E-state index in [1.54, 1.807) is 5.57 Å². The predicted molar refractivity (Wildman–Crippen MR) is 63.0 cm³/mol. The first-order valence-corrected chi connectivity index (χ1v) is 6.24. The van der Waals surface area contributed by atoms with Crippen LogP contribution in [0.25, 0.3) is 0 Å². The Bertz CT molecular complexity index is 474. The summed E-state index contributed by atoms with van der Waals surface area (Å²) >= 11 is 0. The van der Waals surface area contributed by atoms with Crippen LogP contribution in [0.4, 0.5) is 0 Å². The number of hydrogen-bond donors (Lipinski definition) is 0. The number of allylic oxidation sites excluding steroid dienone is 2. The zero-order valence-corrected chi connectivity index (χ0v) is 9.52. The van der Waals surface area contributed by atoms with Gasteiger partial charge in [0.25, 0.3) is 0 Å². The summed E-state index contributed by atoms with van der Waals surface area (Å²) in [4.78, 5) is 0. The minimum absolute atomic E-state index is 0.384. The van der Waals surface area contributed by atoms with Crippen molar-refractivity contribution in [1.29, 1.82) is 0 Å². The molecule has 1 nitrogen and oxygen atoms in total. The van der Waals surface area contributed by atoms with Crippen LogP contribution in [0.2, 0.25) is 0 Å². The quantitative estimate of drug-likeness (QED) is 0.594. The van der Waals surface area contributed by atoms with Crippen molar-refractivity contribution in [1.82, 2.24) is 0 Å². The van der Waals surface area contributed by atoms with Gasteiger partial charge in [-0.3, -0.25) is 0 Å². The molecule has 16 heavy (non-hydrogen) atoms. The lowest BCUT2D eigenvalue weighted by molar-refractivity contribution is 0.0546. The summed E-state index contributed by atoms with van der Waals surface area (Å²) in [6.45, 7) is 2.26.